The van der Waals surface area contributed by atoms with Crippen LogP contribution in [-0.4, -0.2) is 42.5 Å². The van der Waals surface area contributed by atoms with Crippen molar-refractivity contribution in [3.8, 4) is 0 Å². The quantitative estimate of drug-likeness (QED) is 0.893. The molecule has 0 unspecified atom stereocenters. The Bertz CT molecular complexity index is 590. The summed E-state index contributed by atoms with van der Waals surface area (Å²) in [5.41, 5.74) is 0.405. The summed E-state index contributed by atoms with van der Waals surface area (Å²) in [6.07, 6.45) is -3.90. The molecule has 0 saturated carbocycles. The van der Waals surface area contributed by atoms with E-state index in [9.17, 15) is 22.8 Å². The molecule has 132 valence electrons. The Balaban J connectivity index is 1.78. The van der Waals surface area contributed by atoms with E-state index in [2.05, 4.69) is 5.32 Å². The van der Waals surface area contributed by atoms with Crippen LogP contribution < -0.4 is 5.32 Å². The molecule has 1 aliphatic heterocycles. The van der Waals surface area contributed by atoms with Crippen LogP contribution in [0, 0.1) is 5.92 Å². The highest BCUT2D eigenvalue weighted by Crippen LogP contribution is 2.33. The van der Waals surface area contributed by atoms with Gasteiger partial charge < -0.3 is 10.2 Å². The van der Waals surface area contributed by atoms with E-state index in [1.807, 2.05) is 0 Å². The van der Waals surface area contributed by atoms with Gasteiger partial charge in [-0.25, -0.2) is 0 Å². The minimum atomic E-state index is -4.28. The minimum absolute atomic E-state index is 0.0239. The highest BCUT2D eigenvalue weighted by Gasteiger charge is 2.42. The Morgan fingerprint density at radius 3 is 2.54 bits per heavy atom. The lowest BCUT2D eigenvalue weighted by Crippen LogP contribution is -2.45. The molecule has 2 amide bonds. The highest BCUT2D eigenvalue weighted by molar-refractivity contribution is 6.30. The van der Waals surface area contributed by atoms with Crippen LogP contribution in [0.1, 0.15) is 29.6 Å². The molecular formula is C16H18ClF3N2O2. The zero-order chi connectivity index (χ0) is 17.7. The molecule has 0 radical (unpaired) electrons. The van der Waals surface area contributed by atoms with Gasteiger partial charge in [0.15, 0.2) is 0 Å². The van der Waals surface area contributed by atoms with Crippen LogP contribution in [0.15, 0.2) is 24.3 Å². The van der Waals surface area contributed by atoms with E-state index >= 15 is 0 Å². The maximum absolute atomic E-state index is 12.7. The number of hydrogen-bond donors (Lipinski definition) is 1. The molecule has 1 N–H and O–H groups in total. The predicted octanol–water partition coefficient (Wildman–Crippen LogP) is 3.26. The van der Waals surface area contributed by atoms with Gasteiger partial charge in [-0.3, -0.25) is 9.59 Å². The van der Waals surface area contributed by atoms with Crippen molar-refractivity contribution in [2.24, 2.45) is 5.92 Å². The molecule has 1 aliphatic rings. The van der Waals surface area contributed by atoms with Crippen molar-refractivity contribution < 1.29 is 22.8 Å². The van der Waals surface area contributed by atoms with Gasteiger partial charge in [0.2, 0.25) is 5.91 Å². The molecule has 1 fully saturated rings. The fourth-order valence-electron chi connectivity index (χ4n) is 2.62. The molecule has 8 heteroatoms. The lowest BCUT2D eigenvalue weighted by atomic mass is 9.97. The van der Waals surface area contributed by atoms with Crippen molar-refractivity contribution in [1.29, 1.82) is 0 Å². The number of halogens is 4. The molecule has 0 bridgehead atoms. The van der Waals surface area contributed by atoms with Crippen molar-refractivity contribution in [2.75, 3.05) is 19.6 Å². The minimum Gasteiger partial charge on any atom is -0.352 e. The van der Waals surface area contributed by atoms with Gasteiger partial charge in [0.05, 0.1) is 5.92 Å². The Hall–Kier alpha value is -1.76. The third-order valence-corrected chi connectivity index (χ3v) is 4.22. The Morgan fingerprint density at radius 2 is 1.92 bits per heavy atom. The first kappa shape index (κ1) is 18.6. The topological polar surface area (TPSA) is 49.4 Å². The summed E-state index contributed by atoms with van der Waals surface area (Å²) in [4.78, 5) is 25.1. The lowest BCUT2D eigenvalue weighted by molar-refractivity contribution is -0.188. The van der Waals surface area contributed by atoms with Gasteiger partial charge in [-0.05, 0) is 37.1 Å². The monoisotopic (exact) mass is 362 g/mol. The van der Waals surface area contributed by atoms with Gasteiger partial charge in [0, 0.05) is 36.6 Å². The molecule has 0 aromatic heterocycles. The van der Waals surface area contributed by atoms with E-state index in [1.165, 1.54) is 4.90 Å². The summed E-state index contributed by atoms with van der Waals surface area (Å²) in [5.74, 6) is -2.19. The van der Waals surface area contributed by atoms with Crippen LogP contribution in [0.3, 0.4) is 0 Å². The van der Waals surface area contributed by atoms with Crippen LogP contribution in [-0.2, 0) is 4.79 Å². The molecule has 24 heavy (non-hydrogen) atoms. The fourth-order valence-corrected chi connectivity index (χ4v) is 2.74. The fraction of sp³-hybridized carbons (Fsp3) is 0.500. The van der Waals surface area contributed by atoms with Crippen molar-refractivity contribution in [1.82, 2.24) is 10.2 Å². The van der Waals surface area contributed by atoms with E-state index in [1.54, 1.807) is 24.3 Å². The summed E-state index contributed by atoms with van der Waals surface area (Å²) in [7, 11) is 0. The predicted molar refractivity (Wildman–Crippen MR) is 83.8 cm³/mol. The van der Waals surface area contributed by atoms with Gasteiger partial charge in [-0.1, -0.05) is 11.6 Å². The molecule has 2 rings (SSSR count). The van der Waals surface area contributed by atoms with Crippen molar-refractivity contribution in [3.05, 3.63) is 34.9 Å². The van der Waals surface area contributed by atoms with Crippen LogP contribution in [0.25, 0.3) is 0 Å². The second-order valence-corrected chi connectivity index (χ2v) is 6.17. The Labute approximate surface area is 143 Å². The highest BCUT2D eigenvalue weighted by atomic mass is 35.5. The van der Waals surface area contributed by atoms with Gasteiger partial charge in [-0.15, -0.1) is 0 Å². The molecule has 1 atom stereocenters. The standard InChI is InChI=1S/C16H18ClF3N2O2/c17-13-5-3-11(4-6-13)15(24)21-8-7-14(23)22-9-1-2-12(10-22)16(18,19)20/h3-6,12H,1-2,7-10H2,(H,21,24)/t12-/m1/s1. The normalized spacial score (nSPS) is 18.3. The Kier molecular flexibility index (Phi) is 6.10. The van der Waals surface area contributed by atoms with E-state index in [0.717, 1.165) is 0 Å². The van der Waals surface area contributed by atoms with Crippen LogP contribution in [0.5, 0.6) is 0 Å². The third kappa shape index (κ3) is 5.12. The van der Waals surface area contributed by atoms with E-state index in [0.29, 0.717) is 23.6 Å². The van der Waals surface area contributed by atoms with Gasteiger partial charge in [-0.2, -0.15) is 13.2 Å². The molecule has 0 spiro atoms. The van der Waals surface area contributed by atoms with Crippen LogP contribution in [0.2, 0.25) is 5.02 Å². The van der Waals surface area contributed by atoms with Crippen LogP contribution >= 0.6 is 11.6 Å². The first-order valence-corrected chi connectivity index (χ1v) is 8.03. The number of piperidine rings is 1. The number of rotatable bonds is 4. The molecular weight excluding hydrogens is 345 g/mol. The Morgan fingerprint density at radius 1 is 1.25 bits per heavy atom. The zero-order valence-corrected chi connectivity index (χ0v) is 13.7. The average Bonchev–Trinajstić information content (AvgIpc) is 2.54. The second kappa shape index (κ2) is 7.88. The average molecular weight is 363 g/mol. The molecule has 1 aromatic rings. The van der Waals surface area contributed by atoms with Crippen molar-refractivity contribution >= 4 is 23.4 Å². The van der Waals surface area contributed by atoms with Crippen molar-refractivity contribution in [3.63, 3.8) is 0 Å². The van der Waals surface area contributed by atoms with E-state index in [-0.39, 0.29) is 37.7 Å². The number of carbonyl (C=O) groups is 2. The number of likely N-dealkylation sites (tertiary alicyclic amines) is 1. The summed E-state index contributed by atoms with van der Waals surface area (Å²) < 4.78 is 38.2. The summed E-state index contributed by atoms with van der Waals surface area (Å²) in [6.45, 7) is 0.109. The molecule has 1 heterocycles. The molecule has 4 nitrogen and oxygen atoms in total. The number of nitrogens with one attached hydrogen (secondary N) is 1. The number of carbonyl (C=O) groups excluding carboxylic acids is 2. The molecule has 0 aliphatic carbocycles. The van der Waals surface area contributed by atoms with Gasteiger partial charge >= 0.3 is 6.18 Å². The first-order valence-electron chi connectivity index (χ1n) is 7.65. The number of nitrogens with zero attached hydrogens (tertiary/aromatic N) is 1. The smallest absolute Gasteiger partial charge is 0.352 e. The maximum atomic E-state index is 12.7. The first-order chi connectivity index (χ1) is 11.3. The number of alkyl halides is 3. The number of hydrogen-bond acceptors (Lipinski definition) is 2. The largest absolute Gasteiger partial charge is 0.393 e. The molecule has 1 aromatic carbocycles. The zero-order valence-electron chi connectivity index (χ0n) is 12.9. The summed E-state index contributed by atoms with van der Waals surface area (Å²) in [6, 6.07) is 6.26. The SMILES string of the molecule is O=C(NCCC(=O)N1CCC[C@@H](C(F)(F)F)C1)c1ccc(Cl)cc1. The van der Waals surface area contributed by atoms with E-state index < -0.39 is 12.1 Å². The molecule has 1 saturated heterocycles. The maximum Gasteiger partial charge on any atom is 0.393 e. The van der Waals surface area contributed by atoms with Crippen LogP contribution in [0.4, 0.5) is 13.2 Å². The lowest BCUT2D eigenvalue weighted by Gasteiger charge is -2.33. The second-order valence-electron chi connectivity index (χ2n) is 5.73. The van der Waals surface area contributed by atoms with E-state index in [4.69, 9.17) is 11.6 Å². The van der Waals surface area contributed by atoms with Gasteiger partial charge in [0.25, 0.3) is 5.91 Å². The van der Waals surface area contributed by atoms with Crippen molar-refractivity contribution in [2.45, 2.75) is 25.4 Å². The number of benzene rings is 1. The third-order valence-electron chi connectivity index (χ3n) is 3.97. The summed E-state index contributed by atoms with van der Waals surface area (Å²) >= 11 is 5.73. The summed E-state index contributed by atoms with van der Waals surface area (Å²) in [5, 5.41) is 3.08. The number of amides is 2. The van der Waals surface area contributed by atoms with Gasteiger partial charge in [0.1, 0.15) is 0 Å².